The topological polar surface area (TPSA) is 99.6 Å². The Morgan fingerprint density at radius 3 is 2.40 bits per heavy atom. The number of hydrogen-bond donors (Lipinski definition) is 0. The molecule has 1 saturated carbocycles. The molecule has 0 saturated heterocycles. The fraction of sp³-hybridized carbons (Fsp3) is 0.464. The summed E-state index contributed by atoms with van der Waals surface area (Å²) < 4.78 is 33.6. The first-order chi connectivity index (χ1) is 18.8. The van der Waals surface area contributed by atoms with E-state index in [-0.39, 0.29) is 39.9 Å². The van der Waals surface area contributed by atoms with Crippen LogP contribution in [0.5, 0.6) is 0 Å². The smallest absolute Gasteiger partial charge is 0.416 e. The minimum Gasteiger partial charge on any atom is -0.443 e. The van der Waals surface area contributed by atoms with E-state index in [0.29, 0.717) is 25.5 Å². The molecule has 2 aliphatic rings. The number of halogens is 2. The summed E-state index contributed by atoms with van der Waals surface area (Å²) in [6.07, 6.45) is 1.08. The molecular weight excluding hydrogens is 575 g/mol. The number of sulfonamides is 1. The van der Waals surface area contributed by atoms with Crippen molar-refractivity contribution in [2.75, 3.05) is 26.7 Å². The van der Waals surface area contributed by atoms with Crippen LogP contribution in [-0.2, 0) is 26.1 Å². The lowest BCUT2D eigenvalue weighted by atomic mass is 10.1. The number of rotatable bonds is 9. The van der Waals surface area contributed by atoms with E-state index in [1.54, 1.807) is 18.0 Å². The highest BCUT2D eigenvalue weighted by Gasteiger charge is 2.39. The molecule has 2 aromatic carbocycles. The Balaban J connectivity index is 1.36. The Labute approximate surface area is 245 Å². The van der Waals surface area contributed by atoms with Crippen LogP contribution < -0.4 is 0 Å². The van der Waals surface area contributed by atoms with Crippen molar-refractivity contribution in [3.8, 4) is 0 Å². The summed E-state index contributed by atoms with van der Waals surface area (Å²) in [6.45, 7) is 6.83. The Kier molecular flexibility index (Phi) is 9.14. The van der Waals surface area contributed by atoms with Gasteiger partial charge in [0.1, 0.15) is 16.3 Å². The molecular formula is C28H34Cl2N4O5S. The molecule has 0 atom stereocenters. The standard InChI is InChI=1S/C28H34Cl2N4O5S/c1-28(2,3)39-27(36)33-17-15-31-26(33)20-10-8-19(9-11-20)18-32(4)24(35)14-16-34(21-12-13-21)40(37,38)23-7-5-6-22(29)25(23)30/h5-11,21H,12-18H2,1-4H3. The summed E-state index contributed by atoms with van der Waals surface area (Å²) in [5, 5.41) is 0.150. The third-order valence-electron chi connectivity index (χ3n) is 6.52. The summed E-state index contributed by atoms with van der Waals surface area (Å²) >= 11 is 12.3. The van der Waals surface area contributed by atoms with Gasteiger partial charge in [-0.15, -0.1) is 0 Å². The summed E-state index contributed by atoms with van der Waals surface area (Å²) in [6, 6.07) is 11.9. The lowest BCUT2D eigenvalue weighted by Gasteiger charge is -2.25. The first kappa shape index (κ1) is 30.3. The molecule has 1 fully saturated rings. The maximum Gasteiger partial charge on any atom is 0.416 e. The number of hydrogen-bond acceptors (Lipinski definition) is 6. The number of carbonyl (C=O) groups excluding carboxylic acids is 2. The van der Waals surface area contributed by atoms with Crippen molar-refractivity contribution in [3.05, 3.63) is 63.6 Å². The average molecular weight is 610 g/mol. The zero-order chi connectivity index (χ0) is 29.2. The number of aliphatic imine (C=N–C) groups is 1. The minimum absolute atomic E-state index is 0.0144. The number of amides is 2. The number of ether oxygens (including phenoxy) is 1. The molecule has 0 bridgehead atoms. The van der Waals surface area contributed by atoms with Crippen molar-refractivity contribution in [2.45, 2.75) is 63.1 Å². The maximum absolute atomic E-state index is 13.4. The molecule has 0 N–H and O–H groups in total. The van der Waals surface area contributed by atoms with Gasteiger partial charge in [-0.1, -0.05) is 53.5 Å². The highest BCUT2D eigenvalue weighted by atomic mass is 35.5. The van der Waals surface area contributed by atoms with E-state index in [4.69, 9.17) is 27.9 Å². The van der Waals surface area contributed by atoms with Crippen LogP contribution in [0.4, 0.5) is 4.79 Å². The van der Waals surface area contributed by atoms with Gasteiger partial charge in [0.25, 0.3) is 0 Å². The molecule has 1 heterocycles. The van der Waals surface area contributed by atoms with Crippen molar-refractivity contribution in [1.82, 2.24) is 14.1 Å². The third kappa shape index (κ3) is 7.15. The van der Waals surface area contributed by atoms with Gasteiger partial charge in [0, 0.05) is 38.2 Å². The summed E-state index contributed by atoms with van der Waals surface area (Å²) in [5.74, 6) is 0.379. The molecule has 0 spiro atoms. The quantitative estimate of drug-likeness (QED) is 0.390. The van der Waals surface area contributed by atoms with Crippen LogP contribution in [0.25, 0.3) is 0 Å². The zero-order valence-corrected chi connectivity index (χ0v) is 25.4. The molecule has 40 heavy (non-hydrogen) atoms. The maximum atomic E-state index is 13.4. The van der Waals surface area contributed by atoms with Crippen molar-refractivity contribution >= 4 is 51.1 Å². The second-order valence-corrected chi connectivity index (χ2v) is 13.6. The van der Waals surface area contributed by atoms with Gasteiger partial charge < -0.3 is 9.64 Å². The first-order valence-corrected chi connectivity index (χ1v) is 15.3. The van der Waals surface area contributed by atoms with Crippen LogP contribution in [0.1, 0.15) is 51.2 Å². The number of nitrogens with zero attached hydrogens (tertiary/aromatic N) is 4. The van der Waals surface area contributed by atoms with Crippen molar-refractivity contribution < 1.29 is 22.7 Å². The van der Waals surface area contributed by atoms with Gasteiger partial charge >= 0.3 is 6.09 Å². The molecule has 4 rings (SSSR count). The molecule has 12 heteroatoms. The SMILES string of the molecule is CN(Cc1ccc(C2=NCCN2C(=O)OC(C)(C)C)cc1)C(=O)CCN(C1CC1)S(=O)(=O)c1cccc(Cl)c1Cl. The number of carbonyl (C=O) groups is 2. The second kappa shape index (κ2) is 12.1. The largest absolute Gasteiger partial charge is 0.443 e. The van der Waals surface area contributed by atoms with E-state index in [9.17, 15) is 18.0 Å². The normalized spacial score (nSPS) is 15.8. The van der Waals surface area contributed by atoms with E-state index in [1.165, 1.54) is 21.3 Å². The van der Waals surface area contributed by atoms with Crippen molar-refractivity contribution in [3.63, 3.8) is 0 Å². The Hall–Kier alpha value is -2.66. The summed E-state index contributed by atoms with van der Waals surface area (Å²) in [7, 11) is -2.22. The minimum atomic E-state index is -3.91. The molecule has 2 amide bonds. The molecule has 216 valence electrons. The lowest BCUT2D eigenvalue weighted by molar-refractivity contribution is -0.130. The molecule has 1 aliphatic carbocycles. The van der Waals surface area contributed by atoms with Crippen LogP contribution in [-0.4, -0.2) is 78.7 Å². The highest BCUT2D eigenvalue weighted by Crippen LogP contribution is 2.36. The molecule has 2 aromatic rings. The van der Waals surface area contributed by atoms with E-state index in [2.05, 4.69) is 4.99 Å². The predicted molar refractivity (Wildman–Crippen MR) is 155 cm³/mol. The fourth-order valence-electron chi connectivity index (χ4n) is 4.38. The molecule has 9 nitrogen and oxygen atoms in total. The average Bonchev–Trinajstić information content (AvgIpc) is 3.58. The van der Waals surface area contributed by atoms with Gasteiger partial charge in [0.2, 0.25) is 15.9 Å². The van der Waals surface area contributed by atoms with Crippen LogP contribution in [0, 0.1) is 0 Å². The van der Waals surface area contributed by atoms with Gasteiger partial charge in [-0.2, -0.15) is 4.31 Å². The monoisotopic (exact) mass is 608 g/mol. The lowest BCUT2D eigenvalue weighted by Crippen LogP contribution is -2.39. The van der Waals surface area contributed by atoms with Crippen LogP contribution in [0.2, 0.25) is 10.0 Å². The van der Waals surface area contributed by atoms with Gasteiger partial charge in [0.05, 0.1) is 23.1 Å². The molecule has 1 aliphatic heterocycles. The third-order valence-corrected chi connectivity index (χ3v) is 9.44. The second-order valence-electron chi connectivity index (χ2n) is 10.9. The molecule has 0 unspecified atom stereocenters. The van der Waals surface area contributed by atoms with Crippen molar-refractivity contribution in [1.29, 1.82) is 0 Å². The number of benzene rings is 2. The van der Waals surface area contributed by atoms with E-state index in [0.717, 1.165) is 24.0 Å². The first-order valence-electron chi connectivity index (χ1n) is 13.1. The van der Waals surface area contributed by atoms with Gasteiger partial charge in [0.15, 0.2) is 0 Å². The summed E-state index contributed by atoms with van der Waals surface area (Å²) in [5.41, 5.74) is 1.07. The van der Waals surface area contributed by atoms with Crippen LogP contribution in [0.15, 0.2) is 52.4 Å². The Morgan fingerprint density at radius 2 is 1.77 bits per heavy atom. The van der Waals surface area contributed by atoms with Crippen LogP contribution in [0.3, 0.4) is 0 Å². The molecule has 0 aromatic heterocycles. The predicted octanol–water partition coefficient (Wildman–Crippen LogP) is 5.19. The zero-order valence-electron chi connectivity index (χ0n) is 23.1. The Morgan fingerprint density at radius 1 is 1.10 bits per heavy atom. The van der Waals surface area contributed by atoms with Gasteiger partial charge in [-0.3, -0.25) is 14.7 Å². The summed E-state index contributed by atoms with van der Waals surface area (Å²) in [4.78, 5) is 33.1. The highest BCUT2D eigenvalue weighted by molar-refractivity contribution is 7.89. The van der Waals surface area contributed by atoms with E-state index in [1.807, 2.05) is 45.0 Å². The molecule has 0 radical (unpaired) electrons. The fourth-order valence-corrected chi connectivity index (χ4v) is 6.80. The van der Waals surface area contributed by atoms with E-state index < -0.39 is 21.7 Å². The van der Waals surface area contributed by atoms with Crippen molar-refractivity contribution in [2.24, 2.45) is 4.99 Å². The van der Waals surface area contributed by atoms with Gasteiger partial charge in [-0.05, 0) is 51.3 Å². The van der Waals surface area contributed by atoms with E-state index >= 15 is 0 Å². The van der Waals surface area contributed by atoms with Gasteiger partial charge in [-0.25, -0.2) is 13.2 Å². The van der Waals surface area contributed by atoms with Crippen LogP contribution >= 0.6 is 23.2 Å². The Bertz CT molecular complexity index is 1400. The number of amidine groups is 1.